The normalized spacial score (nSPS) is 27.2. The minimum absolute atomic E-state index is 0.0975. The lowest BCUT2D eigenvalue weighted by Crippen LogP contribution is -2.52. The van der Waals surface area contributed by atoms with Crippen molar-refractivity contribution >= 4 is 34.6 Å². The summed E-state index contributed by atoms with van der Waals surface area (Å²) in [5, 5.41) is 10.2. The van der Waals surface area contributed by atoms with Crippen LogP contribution in [-0.2, 0) is 40.1 Å². The first-order valence-electron chi connectivity index (χ1n) is 18.2. The summed E-state index contributed by atoms with van der Waals surface area (Å²) in [5.74, 6) is -6.29. The highest BCUT2D eigenvalue weighted by molar-refractivity contribution is 6.12. The quantitative estimate of drug-likeness (QED) is 0.208. The Bertz CT molecular complexity index is 2390. The van der Waals surface area contributed by atoms with Crippen LogP contribution in [0, 0.1) is 22.7 Å². The van der Waals surface area contributed by atoms with Crippen LogP contribution in [0.2, 0.25) is 0 Å². The topological polar surface area (TPSA) is 105 Å². The number of H-pyrrole nitrogens is 1. The zero-order chi connectivity index (χ0) is 41.2. The Morgan fingerprint density at radius 3 is 2.02 bits per heavy atom. The molecule has 0 amide bonds. The van der Waals surface area contributed by atoms with Crippen molar-refractivity contribution in [1.82, 2.24) is 20.0 Å². The number of benzene rings is 2. The molecular weight excluding hydrogens is 767 g/mol. The number of carbonyl (C=O) groups excluding carboxylic acids is 2. The van der Waals surface area contributed by atoms with Gasteiger partial charge in [0.05, 0.1) is 17.4 Å². The minimum Gasteiger partial charge on any atom is -0.299 e. The first kappa shape index (κ1) is 38.8. The SMILES string of the molecule is CC1(C)CC(=O)C2C(=Nc3nn(CC4(C)CC(=O)C5C(=Nc6n[nH]c(C(F)(F)F)c6C5(C)c5ccccc5)C4)c(C(F)(F)F)c3C2c2ccccc2C(F)(F)F)C1. The number of hydrogen-bond acceptors (Lipinski definition) is 6. The number of nitrogens with one attached hydrogen (secondary N) is 1. The van der Waals surface area contributed by atoms with Crippen molar-refractivity contribution in [2.75, 3.05) is 0 Å². The number of Topliss-reactive ketones (excluding diaryl/α,β-unsaturated/α-hetero) is 2. The predicted octanol–water partition coefficient (Wildman–Crippen LogP) is 9.96. The zero-order valence-electron chi connectivity index (χ0n) is 30.9. The van der Waals surface area contributed by atoms with Gasteiger partial charge in [-0.05, 0) is 40.9 Å². The van der Waals surface area contributed by atoms with E-state index >= 15 is 13.2 Å². The lowest BCUT2D eigenvalue weighted by Gasteiger charge is -2.47. The average Bonchev–Trinajstić information content (AvgIpc) is 3.68. The summed E-state index contributed by atoms with van der Waals surface area (Å²) in [5.41, 5.74) is -8.34. The molecule has 1 N–H and O–H groups in total. The van der Waals surface area contributed by atoms with Crippen LogP contribution in [0.15, 0.2) is 64.6 Å². The minimum atomic E-state index is -5.22. The van der Waals surface area contributed by atoms with E-state index in [0.717, 1.165) is 18.2 Å². The molecule has 2 aromatic heterocycles. The van der Waals surface area contributed by atoms with Crippen LogP contribution >= 0.6 is 0 Å². The molecule has 17 heteroatoms. The smallest absolute Gasteiger partial charge is 0.299 e. The number of aliphatic imine (C=N–C) groups is 2. The highest BCUT2D eigenvalue weighted by Crippen LogP contribution is 2.57. The van der Waals surface area contributed by atoms with E-state index in [-0.39, 0.29) is 42.1 Å². The van der Waals surface area contributed by atoms with Gasteiger partial charge in [-0.15, -0.1) is 0 Å². The number of alkyl halides is 9. The first-order valence-corrected chi connectivity index (χ1v) is 18.2. The Morgan fingerprint density at radius 1 is 0.719 bits per heavy atom. The second-order valence-electron chi connectivity index (χ2n) is 16.9. The van der Waals surface area contributed by atoms with Gasteiger partial charge in [-0.1, -0.05) is 76.2 Å². The molecule has 8 nitrogen and oxygen atoms in total. The van der Waals surface area contributed by atoms with Crippen molar-refractivity contribution < 1.29 is 49.1 Å². The molecule has 0 bridgehead atoms. The lowest BCUT2D eigenvalue weighted by molar-refractivity contribution is -0.146. The summed E-state index contributed by atoms with van der Waals surface area (Å²) in [7, 11) is 0. The van der Waals surface area contributed by atoms with Gasteiger partial charge < -0.3 is 0 Å². The third-order valence-electron chi connectivity index (χ3n) is 11.9. The second kappa shape index (κ2) is 12.5. The Hall–Kier alpha value is -5.09. The third-order valence-corrected chi connectivity index (χ3v) is 11.9. The van der Waals surface area contributed by atoms with E-state index in [4.69, 9.17) is 0 Å². The Morgan fingerprint density at radius 2 is 1.37 bits per heavy atom. The number of rotatable bonds is 4. The van der Waals surface area contributed by atoms with Crippen LogP contribution in [-0.4, -0.2) is 43.0 Å². The lowest BCUT2D eigenvalue weighted by atomic mass is 9.56. The molecule has 57 heavy (non-hydrogen) atoms. The monoisotopic (exact) mass is 802 g/mol. The molecule has 8 rings (SSSR count). The Labute approximate surface area is 319 Å². The molecule has 2 aromatic carbocycles. The van der Waals surface area contributed by atoms with E-state index in [0.29, 0.717) is 10.2 Å². The number of carbonyl (C=O) groups is 2. The molecule has 5 atom stereocenters. The molecule has 2 saturated carbocycles. The molecular formula is C40H35F9N6O2. The molecule has 4 aromatic rings. The molecule has 2 fully saturated rings. The molecule has 0 spiro atoms. The van der Waals surface area contributed by atoms with Gasteiger partial charge in [0.25, 0.3) is 0 Å². The molecule has 2 aliphatic heterocycles. The van der Waals surface area contributed by atoms with Gasteiger partial charge in [-0.3, -0.25) is 19.4 Å². The van der Waals surface area contributed by atoms with Crippen molar-refractivity contribution in [1.29, 1.82) is 0 Å². The van der Waals surface area contributed by atoms with Crippen molar-refractivity contribution in [3.63, 3.8) is 0 Å². The highest BCUT2D eigenvalue weighted by Gasteiger charge is 2.58. The van der Waals surface area contributed by atoms with Crippen LogP contribution in [0.25, 0.3) is 0 Å². The standard InChI is InChI=1S/C40H35F9N6O2/c1-35(2)14-22-27(24(56)16-35)26(20-12-8-9-13-21(20)38(41,42)43)28-32(40(47,48)49)55(54-33(28)50-22)18-36(3)15-23-29(25(57)17-36)37(4,19-10-6-5-7-11-19)30-31(39(44,45)46)52-53-34(30)51-23/h5-13,26-27,29H,14-18H2,1-4H3,(H,52,53). The van der Waals surface area contributed by atoms with Crippen molar-refractivity contribution in [2.24, 2.45) is 32.7 Å². The van der Waals surface area contributed by atoms with Crippen molar-refractivity contribution in [3.8, 4) is 0 Å². The van der Waals surface area contributed by atoms with Crippen molar-refractivity contribution in [2.45, 2.75) is 89.8 Å². The van der Waals surface area contributed by atoms with Gasteiger partial charge in [-0.2, -0.15) is 49.7 Å². The third kappa shape index (κ3) is 6.22. The number of nitrogens with zero attached hydrogens (tertiary/aromatic N) is 5. The van der Waals surface area contributed by atoms with Crippen LogP contribution in [0.4, 0.5) is 51.1 Å². The molecule has 2 aliphatic carbocycles. The van der Waals surface area contributed by atoms with Gasteiger partial charge in [0, 0.05) is 53.3 Å². The van der Waals surface area contributed by atoms with Gasteiger partial charge in [0.2, 0.25) is 0 Å². The maximum atomic E-state index is 15.5. The van der Waals surface area contributed by atoms with Crippen LogP contribution < -0.4 is 0 Å². The fourth-order valence-corrected chi connectivity index (χ4v) is 9.86. The van der Waals surface area contributed by atoms with Gasteiger partial charge >= 0.3 is 18.5 Å². The van der Waals surface area contributed by atoms with Gasteiger partial charge in [0.15, 0.2) is 11.6 Å². The predicted molar refractivity (Wildman–Crippen MR) is 189 cm³/mol. The molecule has 4 heterocycles. The molecule has 0 saturated heterocycles. The van der Waals surface area contributed by atoms with E-state index in [2.05, 4.69) is 20.2 Å². The molecule has 0 radical (unpaired) electrons. The molecule has 300 valence electrons. The first-order chi connectivity index (χ1) is 26.4. The zero-order valence-corrected chi connectivity index (χ0v) is 30.9. The number of aromatic nitrogens is 4. The number of fused-ring (bicyclic) bond motifs is 4. The van der Waals surface area contributed by atoms with E-state index in [1.54, 1.807) is 44.2 Å². The summed E-state index contributed by atoms with van der Waals surface area (Å²) in [4.78, 5) is 37.1. The maximum Gasteiger partial charge on any atom is 0.433 e. The summed E-state index contributed by atoms with van der Waals surface area (Å²) >= 11 is 0. The summed E-state index contributed by atoms with van der Waals surface area (Å²) in [6.45, 7) is 5.95. The summed E-state index contributed by atoms with van der Waals surface area (Å²) in [6, 6.07) is 12.3. The fraction of sp³-hybridized carbons (Fsp3) is 0.450. The van der Waals surface area contributed by atoms with Crippen molar-refractivity contribution in [3.05, 3.63) is 93.8 Å². The second-order valence-corrected chi connectivity index (χ2v) is 16.9. The largest absolute Gasteiger partial charge is 0.433 e. The molecule has 4 aliphatic rings. The Balaban J connectivity index is 1.28. The van der Waals surface area contributed by atoms with Crippen LogP contribution in [0.1, 0.15) is 98.5 Å². The Kier molecular flexibility index (Phi) is 8.47. The molecule has 5 unspecified atom stereocenters. The highest BCUT2D eigenvalue weighted by atomic mass is 19.4. The number of aromatic amines is 1. The fourth-order valence-electron chi connectivity index (χ4n) is 9.86. The van der Waals surface area contributed by atoms with Crippen LogP contribution in [0.5, 0.6) is 0 Å². The summed E-state index contributed by atoms with van der Waals surface area (Å²) in [6.07, 6.45) is -15.6. The van der Waals surface area contributed by atoms with E-state index < -0.39 is 111 Å². The maximum absolute atomic E-state index is 15.5. The number of halogens is 9. The number of ketones is 2. The van der Waals surface area contributed by atoms with E-state index in [1.165, 1.54) is 19.9 Å². The number of hydrogen-bond donors (Lipinski definition) is 1. The van der Waals surface area contributed by atoms with Gasteiger partial charge in [-0.25, -0.2) is 9.98 Å². The van der Waals surface area contributed by atoms with E-state index in [9.17, 15) is 35.9 Å². The van der Waals surface area contributed by atoms with Crippen LogP contribution in [0.3, 0.4) is 0 Å². The van der Waals surface area contributed by atoms with E-state index in [1.807, 2.05) is 5.10 Å². The average molecular weight is 803 g/mol. The summed E-state index contributed by atoms with van der Waals surface area (Å²) < 4.78 is 134. The van der Waals surface area contributed by atoms with Gasteiger partial charge in [0.1, 0.15) is 23.0 Å².